The van der Waals surface area contributed by atoms with Crippen molar-refractivity contribution < 1.29 is 4.79 Å². The lowest BCUT2D eigenvalue weighted by Crippen LogP contribution is -2.61. The fourth-order valence-corrected chi connectivity index (χ4v) is 11.8. The number of hydrogen-bond acceptors (Lipinski definition) is 6. The first kappa shape index (κ1) is 24.9. The van der Waals surface area contributed by atoms with Gasteiger partial charge in [-0.05, 0) is 79.8 Å². The number of nitrogens with one attached hydrogen (secondary N) is 1. The lowest BCUT2D eigenvalue weighted by Gasteiger charge is -2.53. The average molecular weight is 524 g/mol. The summed E-state index contributed by atoms with van der Waals surface area (Å²) in [5.41, 5.74) is 10.8. The van der Waals surface area contributed by atoms with Crippen LogP contribution in [0, 0.1) is 28.6 Å². The average Bonchev–Trinajstić information content (AvgIpc) is 3.21. The summed E-state index contributed by atoms with van der Waals surface area (Å²) in [6.07, 6.45) is 9.82. The van der Waals surface area contributed by atoms with Crippen LogP contribution in [0.5, 0.6) is 0 Å². The van der Waals surface area contributed by atoms with Gasteiger partial charge in [0.05, 0.1) is 5.54 Å². The number of rotatable bonds is 2. The Morgan fingerprint density at radius 3 is 2.83 bits per heavy atom. The molecule has 0 amide bonds. The maximum absolute atomic E-state index is 13.6. The number of carbonyl (C=O) groups excluding carboxylic acids is 1. The summed E-state index contributed by atoms with van der Waals surface area (Å²) in [6.45, 7) is 5.78. The van der Waals surface area contributed by atoms with Crippen molar-refractivity contribution in [2.24, 2.45) is 39.3 Å². The van der Waals surface area contributed by atoms with Crippen molar-refractivity contribution in [3.63, 3.8) is 0 Å². The second kappa shape index (κ2) is 9.41. The van der Waals surface area contributed by atoms with Crippen molar-refractivity contribution in [2.75, 3.05) is 18.1 Å². The zero-order valence-electron chi connectivity index (χ0n) is 21.9. The minimum Gasteiger partial charge on any atom is -0.370 e. The van der Waals surface area contributed by atoms with Crippen LogP contribution in [0.25, 0.3) is 0 Å². The van der Waals surface area contributed by atoms with E-state index in [2.05, 4.69) is 54.5 Å². The number of hydrogen-bond donors (Lipinski definition) is 2. The summed E-state index contributed by atoms with van der Waals surface area (Å²) in [4.78, 5) is 18.2. The van der Waals surface area contributed by atoms with Crippen LogP contribution >= 0.6 is 21.6 Å². The Morgan fingerprint density at radius 1 is 1.17 bits per heavy atom. The monoisotopic (exact) mass is 523 g/mol. The predicted octanol–water partition coefficient (Wildman–Crippen LogP) is 6.17. The molecule has 4 nitrogen and oxygen atoms in total. The number of Topliss-reactive ketones (excluding diaryl/α,β-unsaturated/α-hetero) is 1. The van der Waals surface area contributed by atoms with Crippen molar-refractivity contribution >= 4 is 33.3 Å². The Kier molecular flexibility index (Phi) is 6.51. The second-order valence-corrected chi connectivity index (χ2v) is 15.0. The van der Waals surface area contributed by atoms with E-state index < -0.39 is 0 Å². The number of ketones is 1. The molecule has 2 saturated carbocycles. The smallest absolute Gasteiger partial charge is 0.189 e. The third-order valence-corrected chi connectivity index (χ3v) is 13.5. The van der Waals surface area contributed by atoms with Gasteiger partial charge in [-0.1, -0.05) is 71.3 Å². The van der Waals surface area contributed by atoms with E-state index in [1.54, 1.807) is 5.57 Å². The van der Waals surface area contributed by atoms with E-state index in [9.17, 15) is 4.79 Å². The van der Waals surface area contributed by atoms with Gasteiger partial charge in [0, 0.05) is 35.8 Å². The molecule has 5 bridgehead atoms. The number of allylic oxidation sites excluding steroid dienone is 2. The highest BCUT2D eigenvalue weighted by atomic mass is 33.1. The van der Waals surface area contributed by atoms with Gasteiger partial charge in [0.2, 0.25) is 0 Å². The molecule has 0 radical (unpaired) electrons. The molecule has 2 heterocycles. The molecule has 6 heteroatoms. The van der Waals surface area contributed by atoms with Crippen LogP contribution in [0.4, 0.5) is 0 Å². The molecule has 2 spiro atoms. The molecular weight excluding hydrogens is 482 g/mol. The lowest BCUT2D eigenvalue weighted by molar-refractivity contribution is -0.120. The zero-order chi connectivity index (χ0) is 25.0. The molecule has 2 fully saturated rings. The maximum Gasteiger partial charge on any atom is 0.189 e. The number of guanidine groups is 1. The summed E-state index contributed by atoms with van der Waals surface area (Å²) in [5.74, 6) is 5.01. The van der Waals surface area contributed by atoms with E-state index in [-0.39, 0.29) is 16.4 Å². The SMILES string of the molecule is C[C@@H]1CC[C@@H]2CC3=C4CCC[C@]5(CSSCC[C@]2(C)[C@]31CC4=O)NC(N)=NC[C@H]5Cc1ccccc1. The highest BCUT2D eigenvalue weighted by Gasteiger charge is 2.67. The van der Waals surface area contributed by atoms with Gasteiger partial charge in [-0.3, -0.25) is 9.79 Å². The van der Waals surface area contributed by atoms with Crippen molar-refractivity contribution in [1.29, 1.82) is 0 Å². The highest BCUT2D eigenvalue weighted by Crippen LogP contribution is 2.73. The van der Waals surface area contributed by atoms with Crippen LogP contribution in [-0.2, 0) is 11.2 Å². The fourth-order valence-electron chi connectivity index (χ4n) is 8.93. The molecule has 3 aliphatic carbocycles. The number of nitrogens with zero attached hydrogens (tertiary/aromatic N) is 1. The Morgan fingerprint density at radius 2 is 2.00 bits per heavy atom. The minimum absolute atomic E-state index is 0.0932. The van der Waals surface area contributed by atoms with Gasteiger partial charge < -0.3 is 11.1 Å². The number of nitrogens with two attached hydrogens (primary N) is 1. The minimum atomic E-state index is -0.0932. The molecule has 1 aromatic rings. The summed E-state index contributed by atoms with van der Waals surface area (Å²) in [6, 6.07) is 10.8. The van der Waals surface area contributed by atoms with Gasteiger partial charge in [0.1, 0.15) is 0 Å². The van der Waals surface area contributed by atoms with Crippen molar-refractivity contribution in [1.82, 2.24) is 5.32 Å². The summed E-state index contributed by atoms with van der Waals surface area (Å²) < 4.78 is 0. The molecule has 0 aromatic heterocycles. The molecule has 36 heavy (non-hydrogen) atoms. The van der Waals surface area contributed by atoms with Crippen LogP contribution in [0.15, 0.2) is 46.5 Å². The summed E-state index contributed by atoms with van der Waals surface area (Å²) in [7, 11) is 4.08. The van der Waals surface area contributed by atoms with Gasteiger partial charge in [0.25, 0.3) is 0 Å². The van der Waals surface area contributed by atoms with Crippen LogP contribution in [0.3, 0.4) is 0 Å². The van der Waals surface area contributed by atoms with Gasteiger partial charge >= 0.3 is 0 Å². The van der Waals surface area contributed by atoms with E-state index in [1.807, 2.05) is 21.6 Å². The zero-order valence-corrected chi connectivity index (χ0v) is 23.5. The van der Waals surface area contributed by atoms with Crippen molar-refractivity contribution in [2.45, 2.75) is 77.2 Å². The standard InChI is InChI=1S/C30H41N3OS2/c1-20-10-11-22-16-25-24-9-6-12-29(19-36-35-14-13-28(22,2)30(20,25)17-26(24)34)23(18-32-27(31)33-29)15-21-7-4-3-5-8-21/h3-5,7-8,20,22-23H,6,9-19H2,1-2H3,(H3,31,32,33)/t20-,22-,23-,28+,29-,30+/m1/s1. The molecule has 0 saturated heterocycles. The van der Waals surface area contributed by atoms with E-state index in [1.165, 1.54) is 36.8 Å². The van der Waals surface area contributed by atoms with Crippen molar-refractivity contribution in [3.8, 4) is 0 Å². The quantitative estimate of drug-likeness (QED) is 0.454. The van der Waals surface area contributed by atoms with Crippen LogP contribution in [-0.4, -0.2) is 35.3 Å². The molecule has 6 rings (SSSR count). The molecule has 2 aliphatic heterocycles. The maximum atomic E-state index is 13.6. The first-order valence-electron chi connectivity index (χ1n) is 14.0. The van der Waals surface area contributed by atoms with Crippen LogP contribution in [0.2, 0.25) is 0 Å². The summed E-state index contributed by atoms with van der Waals surface area (Å²) >= 11 is 0. The topological polar surface area (TPSA) is 67.5 Å². The van der Waals surface area contributed by atoms with Gasteiger partial charge in [-0.2, -0.15) is 0 Å². The normalized spacial score (nSPS) is 40.8. The van der Waals surface area contributed by atoms with E-state index >= 15 is 0 Å². The first-order valence-corrected chi connectivity index (χ1v) is 16.5. The van der Waals surface area contributed by atoms with E-state index in [0.29, 0.717) is 23.6 Å². The number of carbonyl (C=O) groups is 1. The van der Waals surface area contributed by atoms with Gasteiger partial charge in [-0.15, -0.1) is 0 Å². The van der Waals surface area contributed by atoms with Gasteiger partial charge in [-0.25, -0.2) is 0 Å². The summed E-state index contributed by atoms with van der Waals surface area (Å²) in [5, 5.41) is 3.70. The number of aliphatic imine (C=N–C) groups is 1. The second-order valence-electron chi connectivity index (χ2n) is 12.4. The lowest BCUT2D eigenvalue weighted by atomic mass is 9.51. The van der Waals surface area contributed by atoms with Crippen LogP contribution in [0.1, 0.15) is 70.8 Å². The van der Waals surface area contributed by atoms with Gasteiger partial charge in [0.15, 0.2) is 11.7 Å². The van der Waals surface area contributed by atoms with E-state index in [4.69, 9.17) is 5.73 Å². The molecular formula is C30H41N3OS2. The Hall–Kier alpha value is -1.40. The Balaban J connectivity index is 1.32. The molecule has 1 aromatic carbocycles. The molecule has 5 aliphatic rings. The van der Waals surface area contributed by atoms with E-state index in [0.717, 1.165) is 56.1 Å². The third kappa shape index (κ3) is 3.80. The Labute approximate surface area is 224 Å². The first-order chi connectivity index (χ1) is 17.4. The predicted molar refractivity (Wildman–Crippen MR) is 153 cm³/mol. The highest BCUT2D eigenvalue weighted by molar-refractivity contribution is 8.76. The molecule has 6 atom stereocenters. The fraction of sp³-hybridized carbons (Fsp3) is 0.667. The van der Waals surface area contributed by atoms with Crippen molar-refractivity contribution in [3.05, 3.63) is 47.0 Å². The third-order valence-electron chi connectivity index (χ3n) is 11.0. The Bertz CT molecular complexity index is 1090. The molecule has 194 valence electrons. The van der Waals surface area contributed by atoms with Crippen LogP contribution < -0.4 is 11.1 Å². The molecule has 3 N–H and O–H groups in total. The number of benzene rings is 1. The largest absolute Gasteiger partial charge is 0.370 e. The molecule has 0 unspecified atom stereocenters.